The summed E-state index contributed by atoms with van der Waals surface area (Å²) in [6, 6.07) is 13.0. The lowest BCUT2D eigenvalue weighted by molar-refractivity contribution is -0.152. The monoisotopic (exact) mass is 449 g/mol. The molecule has 1 heterocycles. The van der Waals surface area contributed by atoms with Gasteiger partial charge in [-0.25, -0.2) is 0 Å². The molecule has 0 bridgehead atoms. The van der Waals surface area contributed by atoms with Gasteiger partial charge in [-0.1, -0.05) is 41.4 Å². The van der Waals surface area contributed by atoms with Crippen LogP contribution in [0.25, 0.3) is 0 Å². The number of anilines is 1. The topological polar surface area (TPSA) is 105 Å². The Morgan fingerprint density at radius 2 is 1.80 bits per heavy atom. The molecule has 30 heavy (non-hydrogen) atoms. The minimum atomic E-state index is -0.751. The summed E-state index contributed by atoms with van der Waals surface area (Å²) in [5, 5.41) is 0.734. The van der Waals surface area contributed by atoms with Gasteiger partial charge in [-0.05, 0) is 30.3 Å². The number of esters is 1. The molecule has 2 N–H and O–H groups in total. The van der Waals surface area contributed by atoms with E-state index in [-0.39, 0.29) is 18.9 Å². The average molecular weight is 450 g/mol. The van der Waals surface area contributed by atoms with Gasteiger partial charge in [-0.15, -0.1) is 0 Å². The van der Waals surface area contributed by atoms with E-state index < -0.39 is 30.3 Å². The lowest BCUT2D eigenvalue weighted by Crippen LogP contribution is -2.43. The van der Waals surface area contributed by atoms with E-state index in [2.05, 4.69) is 10.9 Å². The van der Waals surface area contributed by atoms with Gasteiger partial charge in [0.15, 0.2) is 6.61 Å². The SMILES string of the molecule is O=C(COC(=O)[C@H]1CC(=O)N(c2cc(Cl)ccc2Cl)C1)NNC(=O)c1ccccc1. The Hall–Kier alpha value is -3.10. The Bertz CT molecular complexity index is 984. The Kier molecular flexibility index (Phi) is 6.91. The first-order valence-corrected chi connectivity index (χ1v) is 9.67. The van der Waals surface area contributed by atoms with Gasteiger partial charge in [-0.2, -0.15) is 0 Å². The molecule has 0 spiro atoms. The number of benzene rings is 2. The molecule has 1 saturated heterocycles. The number of ether oxygens (including phenoxy) is 1. The Balaban J connectivity index is 1.48. The number of hydrogen-bond acceptors (Lipinski definition) is 5. The lowest BCUT2D eigenvalue weighted by atomic mass is 10.1. The first-order valence-electron chi connectivity index (χ1n) is 8.91. The number of hydrogen-bond donors (Lipinski definition) is 2. The fourth-order valence-electron chi connectivity index (χ4n) is 2.87. The Morgan fingerprint density at radius 1 is 1.07 bits per heavy atom. The highest BCUT2D eigenvalue weighted by atomic mass is 35.5. The predicted octanol–water partition coefficient (Wildman–Crippen LogP) is 2.35. The summed E-state index contributed by atoms with van der Waals surface area (Å²) >= 11 is 12.1. The number of hydrazine groups is 1. The van der Waals surface area contributed by atoms with Gasteiger partial charge in [0.25, 0.3) is 11.8 Å². The van der Waals surface area contributed by atoms with Crippen LogP contribution in [0.4, 0.5) is 5.69 Å². The van der Waals surface area contributed by atoms with Gasteiger partial charge in [-0.3, -0.25) is 30.0 Å². The van der Waals surface area contributed by atoms with E-state index >= 15 is 0 Å². The average Bonchev–Trinajstić information content (AvgIpc) is 3.14. The smallest absolute Gasteiger partial charge is 0.311 e. The number of halogens is 2. The maximum Gasteiger partial charge on any atom is 0.311 e. The molecule has 0 saturated carbocycles. The molecule has 2 aromatic carbocycles. The van der Waals surface area contributed by atoms with Gasteiger partial charge in [0.2, 0.25) is 5.91 Å². The second kappa shape index (κ2) is 9.60. The van der Waals surface area contributed by atoms with E-state index in [1.807, 2.05) is 0 Å². The highest BCUT2D eigenvalue weighted by Gasteiger charge is 2.37. The molecule has 1 fully saturated rings. The van der Waals surface area contributed by atoms with Crippen molar-refractivity contribution in [3.63, 3.8) is 0 Å². The standard InChI is InChI=1S/C20H17Cl2N3O5/c21-14-6-7-15(22)16(9-14)25-10-13(8-18(25)27)20(29)30-11-17(26)23-24-19(28)12-4-2-1-3-5-12/h1-7,9,13H,8,10-11H2,(H,23,26)(H,24,28)/t13-/m0/s1. The summed E-state index contributed by atoms with van der Waals surface area (Å²) in [5.41, 5.74) is 5.15. The van der Waals surface area contributed by atoms with Crippen molar-refractivity contribution in [2.24, 2.45) is 5.92 Å². The molecular formula is C20H17Cl2N3O5. The summed E-state index contributed by atoms with van der Waals surface area (Å²) in [7, 11) is 0. The van der Waals surface area contributed by atoms with Crippen LogP contribution in [0.5, 0.6) is 0 Å². The van der Waals surface area contributed by atoms with E-state index in [1.54, 1.807) is 48.5 Å². The van der Waals surface area contributed by atoms with Gasteiger partial charge in [0, 0.05) is 23.6 Å². The quantitative estimate of drug-likeness (QED) is 0.538. The van der Waals surface area contributed by atoms with Crippen molar-refractivity contribution < 1.29 is 23.9 Å². The number of carbonyl (C=O) groups excluding carboxylic acids is 4. The van der Waals surface area contributed by atoms with E-state index in [0.29, 0.717) is 21.3 Å². The minimum absolute atomic E-state index is 0.0596. The summed E-state index contributed by atoms with van der Waals surface area (Å²) in [5.74, 6) is -2.98. The normalized spacial score (nSPS) is 15.6. The maximum absolute atomic E-state index is 12.3. The molecule has 0 radical (unpaired) electrons. The first-order chi connectivity index (χ1) is 14.3. The fraction of sp³-hybridized carbons (Fsp3) is 0.200. The zero-order chi connectivity index (χ0) is 21.7. The number of nitrogens with one attached hydrogen (secondary N) is 2. The third-order valence-electron chi connectivity index (χ3n) is 4.35. The third kappa shape index (κ3) is 5.28. The Labute approximate surface area is 182 Å². The lowest BCUT2D eigenvalue weighted by Gasteiger charge is -2.18. The first kappa shape index (κ1) is 21.6. The van der Waals surface area contributed by atoms with Crippen LogP contribution in [-0.2, 0) is 19.1 Å². The van der Waals surface area contributed by atoms with Crippen LogP contribution < -0.4 is 15.8 Å². The van der Waals surface area contributed by atoms with Gasteiger partial charge >= 0.3 is 5.97 Å². The predicted molar refractivity (Wildman–Crippen MR) is 110 cm³/mol. The van der Waals surface area contributed by atoms with Crippen molar-refractivity contribution in [2.45, 2.75) is 6.42 Å². The van der Waals surface area contributed by atoms with E-state index in [0.717, 1.165) is 0 Å². The third-order valence-corrected chi connectivity index (χ3v) is 4.91. The van der Waals surface area contributed by atoms with E-state index in [9.17, 15) is 19.2 Å². The van der Waals surface area contributed by atoms with Crippen molar-refractivity contribution >= 4 is 52.6 Å². The molecule has 3 rings (SSSR count). The maximum atomic E-state index is 12.3. The van der Waals surface area contributed by atoms with Gasteiger partial charge in [0.05, 0.1) is 16.6 Å². The Morgan fingerprint density at radius 3 is 2.53 bits per heavy atom. The molecule has 1 aliphatic rings. The molecule has 156 valence electrons. The molecule has 8 nitrogen and oxygen atoms in total. The van der Waals surface area contributed by atoms with Gasteiger partial charge < -0.3 is 9.64 Å². The van der Waals surface area contributed by atoms with Crippen LogP contribution in [0.15, 0.2) is 48.5 Å². The van der Waals surface area contributed by atoms with Crippen molar-refractivity contribution in [3.05, 3.63) is 64.1 Å². The van der Waals surface area contributed by atoms with Crippen LogP contribution in [0.2, 0.25) is 10.0 Å². The van der Waals surface area contributed by atoms with Crippen LogP contribution in [0, 0.1) is 5.92 Å². The van der Waals surface area contributed by atoms with Crippen molar-refractivity contribution in [2.75, 3.05) is 18.1 Å². The molecular weight excluding hydrogens is 433 g/mol. The highest BCUT2D eigenvalue weighted by Crippen LogP contribution is 2.33. The molecule has 0 aromatic heterocycles. The number of rotatable bonds is 5. The summed E-state index contributed by atoms with van der Waals surface area (Å²) in [6.45, 7) is -0.541. The van der Waals surface area contributed by atoms with Crippen molar-refractivity contribution in [3.8, 4) is 0 Å². The minimum Gasteiger partial charge on any atom is -0.455 e. The molecule has 3 amide bonds. The summed E-state index contributed by atoms with van der Waals surface area (Å²) < 4.78 is 4.97. The molecule has 10 heteroatoms. The van der Waals surface area contributed by atoms with E-state index in [1.165, 1.54) is 4.90 Å². The van der Waals surface area contributed by atoms with Crippen molar-refractivity contribution in [1.29, 1.82) is 0 Å². The summed E-state index contributed by atoms with van der Waals surface area (Å²) in [6.07, 6.45) is -0.0754. The highest BCUT2D eigenvalue weighted by molar-refractivity contribution is 6.35. The summed E-state index contributed by atoms with van der Waals surface area (Å²) in [4.78, 5) is 49.6. The second-order valence-electron chi connectivity index (χ2n) is 6.48. The molecule has 1 aliphatic heterocycles. The van der Waals surface area contributed by atoms with E-state index in [4.69, 9.17) is 27.9 Å². The van der Waals surface area contributed by atoms with Crippen LogP contribution in [-0.4, -0.2) is 36.8 Å². The second-order valence-corrected chi connectivity index (χ2v) is 7.32. The van der Waals surface area contributed by atoms with Crippen LogP contribution in [0.3, 0.4) is 0 Å². The number of nitrogens with zero attached hydrogens (tertiary/aromatic N) is 1. The number of amides is 3. The molecule has 1 atom stereocenters. The van der Waals surface area contributed by atoms with Gasteiger partial charge in [0.1, 0.15) is 0 Å². The van der Waals surface area contributed by atoms with Crippen LogP contribution in [0.1, 0.15) is 16.8 Å². The molecule has 0 unspecified atom stereocenters. The zero-order valence-corrected chi connectivity index (χ0v) is 17.1. The van der Waals surface area contributed by atoms with Crippen LogP contribution >= 0.6 is 23.2 Å². The fourth-order valence-corrected chi connectivity index (χ4v) is 3.26. The van der Waals surface area contributed by atoms with Crippen molar-refractivity contribution in [1.82, 2.24) is 10.9 Å². The zero-order valence-electron chi connectivity index (χ0n) is 15.6. The molecule has 2 aromatic rings. The number of carbonyl (C=O) groups is 4. The largest absolute Gasteiger partial charge is 0.455 e. The molecule has 0 aliphatic carbocycles.